The molecule has 0 radical (unpaired) electrons. The van der Waals surface area contributed by atoms with E-state index in [1.165, 1.54) is 33.8 Å². The fraction of sp³-hybridized carbons (Fsp3) is 0.520. The molecule has 2 amide bonds. The molecular formula is C25H31FN4O4. The molecule has 1 saturated carbocycles. The average molecular weight is 471 g/mol. The van der Waals surface area contributed by atoms with Gasteiger partial charge in [-0.15, -0.1) is 0 Å². The number of rotatable bonds is 5. The molecule has 1 aromatic heterocycles. The Kier molecular flexibility index (Phi) is 6.72. The van der Waals surface area contributed by atoms with Gasteiger partial charge in [-0.05, 0) is 57.4 Å². The Bertz CT molecular complexity index is 1110. The van der Waals surface area contributed by atoms with E-state index in [0.29, 0.717) is 11.3 Å². The van der Waals surface area contributed by atoms with Crippen molar-refractivity contribution < 1.29 is 23.5 Å². The predicted molar refractivity (Wildman–Crippen MR) is 124 cm³/mol. The molecule has 8 nitrogen and oxygen atoms in total. The van der Waals surface area contributed by atoms with Gasteiger partial charge >= 0.3 is 5.97 Å². The fourth-order valence-corrected chi connectivity index (χ4v) is 4.90. The van der Waals surface area contributed by atoms with Crippen LogP contribution in [0.15, 0.2) is 24.3 Å². The third kappa shape index (κ3) is 4.43. The number of nitrogens with one attached hydrogen (secondary N) is 1. The molecule has 182 valence electrons. The average Bonchev–Trinajstić information content (AvgIpc) is 3.04. The monoisotopic (exact) mass is 470 g/mol. The zero-order chi connectivity index (χ0) is 24.5. The lowest BCUT2D eigenvalue weighted by atomic mass is 9.92. The van der Waals surface area contributed by atoms with Crippen LogP contribution in [0.4, 0.5) is 10.1 Å². The maximum Gasteiger partial charge on any atom is 0.358 e. The highest BCUT2D eigenvalue weighted by molar-refractivity contribution is 6.12. The van der Waals surface area contributed by atoms with Crippen molar-refractivity contribution in [3.05, 3.63) is 47.0 Å². The summed E-state index contributed by atoms with van der Waals surface area (Å²) in [6.45, 7) is 5.30. The Morgan fingerprint density at radius 1 is 1.21 bits per heavy atom. The normalized spacial score (nSPS) is 21.1. The molecule has 2 heterocycles. The van der Waals surface area contributed by atoms with Crippen LogP contribution in [0.5, 0.6) is 0 Å². The number of fused-ring (bicyclic) bond motifs is 1. The first-order valence-corrected chi connectivity index (χ1v) is 11.9. The van der Waals surface area contributed by atoms with Crippen molar-refractivity contribution in [1.29, 1.82) is 0 Å². The molecule has 1 unspecified atom stereocenters. The number of anilines is 1. The van der Waals surface area contributed by atoms with Gasteiger partial charge in [0.05, 0.1) is 13.2 Å². The van der Waals surface area contributed by atoms with Crippen molar-refractivity contribution in [3.8, 4) is 0 Å². The Morgan fingerprint density at radius 2 is 1.91 bits per heavy atom. The summed E-state index contributed by atoms with van der Waals surface area (Å²) in [5.74, 6) is -1.84. The zero-order valence-corrected chi connectivity index (χ0v) is 19.9. The number of carbonyl (C=O) groups is 3. The summed E-state index contributed by atoms with van der Waals surface area (Å²) < 4.78 is 20.3. The van der Waals surface area contributed by atoms with Crippen molar-refractivity contribution in [3.63, 3.8) is 0 Å². The van der Waals surface area contributed by atoms with Crippen molar-refractivity contribution in [2.45, 2.75) is 77.4 Å². The highest BCUT2D eigenvalue weighted by Gasteiger charge is 2.50. The second-order valence-electron chi connectivity index (χ2n) is 9.30. The summed E-state index contributed by atoms with van der Waals surface area (Å²) >= 11 is 0. The molecule has 2 aliphatic rings. The second kappa shape index (κ2) is 9.56. The van der Waals surface area contributed by atoms with E-state index in [9.17, 15) is 18.8 Å². The summed E-state index contributed by atoms with van der Waals surface area (Å²) in [6, 6.07) is 5.54. The summed E-state index contributed by atoms with van der Waals surface area (Å²) in [5.41, 5.74) is -0.187. The molecule has 0 spiro atoms. The Labute approximate surface area is 198 Å². The maximum absolute atomic E-state index is 13.9. The molecule has 1 atom stereocenters. The number of ether oxygens (including phenoxy) is 1. The van der Waals surface area contributed by atoms with Crippen LogP contribution >= 0.6 is 0 Å². The minimum atomic E-state index is -1.34. The smallest absolute Gasteiger partial charge is 0.358 e. The Morgan fingerprint density at radius 3 is 2.56 bits per heavy atom. The molecule has 2 aromatic rings. The van der Waals surface area contributed by atoms with Crippen LogP contribution in [-0.4, -0.2) is 45.8 Å². The molecule has 34 heavy (non-hydrogen) atoms. The van der Waals surface area contributed by atoms with Crippen LogP contribution in [0.3, 0.4) is 0 Å². The van der Waals surface area contributed by atoms with Gasteiger partial charge in [-0.1, -0.05) is 25.7 Å². The first-order chi connectivity index (χ1) is 16.2. The topological polar surface area (TPSA) is 93.5 Å². The number of hydrogen-bond donors (Lipinski definition) is 1. The SMILES string of the molecule is CCOC(=O)c1cc2n(n1)CC(C)(C(=O)NC1CCCCCC1)N(c1ccc(F)cc1C)C2=O. The summed E-state index contributed by atoms with van der Waals surface area (Å²) in [5, 5.41) is 7.44. The fourth-order valence-electron chi connectivity index (χ4n) is 4.90. The minimum Gasteiger partial charge on any atom is -0.461 e. The van der Waals surface area contributed by atoms with E-state index < -0.39 is 23.2 Å². The summed E-state index contributed by atoms with van der Waals surface area (Å²) in [6.07, 6.45) is 6.19. The van der Waals surface area contributed by atoms with Gasteiger partial charge < -0.3 is 10.1 Å². The van der Waals surface area contributed by atoms with Gasteiger partial charge in [0.25, 0.3) is 5.91 Å². The van der Waals surface area contributed by atoms with Gasteiger partial charge in [-0.25, -0.2) is 9.18 Å². The first-order valence-electron chi connectivity index (χ1n) is 11.9. The molecular weight excluding hydrogens is 439 g/mol. The predicted octanol–water partition coefficient (Wildman–Crippen LogP) is 3.77. The number of benzene rings is 1. The Hall–Kier alpha value is -3.23. The van der Waals surface area contributed by atoms with Gasteiger partial charge in [0.2, 0.25) is 5.91 Å². The van der Waals surface area contributed by atoms with Crippen LogP contribution < -0.4 is 10.2 Å². The van der Waals surface area contributed by atoms with Crippen molar-refractivity contribution >= 4 is 23.5 Å². The van der Waals surface area contributed by atoms with Crippen molar-refractivity contribution in [2.24, 2.45) is 0 Å². The van der Waals surface area contributed by atoms with E-state index >= 15 is 0 Å². The quantitative estimate of drug-likeness (QED) is 0.530. The van der Waals surface area contributed by atoms with Crippen LogP contribution in [0.1, 0.15) is 78.9 Å². The van der Waals surface area contributed by atoms with Crippen LogP contribution in [0.2, 0.25) is 0 Å². The van der Waals surface area contributed by atoms with Gasteiger partial charge in [-0.3, -0.25) is 19.2 Å². The largest absolute Gasteiger partial charge is 0.461 e. The van der Waals surface area contributed by atoms with E-state index in [0.717, 1.165) is 38.5 Å². The number of amides is 2. The van der Waals surface area contributed by atoms with Crippen molar-refractivity contribution in [2.75, 3.05) is 11.5 Å². The second-order valence-corrected chi connectivity index (χ2v) is 9.30. The van der Waals surface area contributed by atoms with E-state index in [4.69, 9.17) is 4.74 Å². The molecule has 1 aromatic carbocycles. The lowest BCUT2D eigenvalue weighted by molar-refractivity contribution is -0.127. The molecule has 1 aliphatic carbocycles. The van der Waals surface area contributed by atoms with E-state index in [1.807, 2.05) is 0 Å². The van der Waals surface area contributed by atoms with E-state index in [-0.39, 0.29) is 36.5 Å². The van der Waals surface area contributed by atoms with Gasteiger partial charge in [0.1, 0.15) is 17.1 Å². The van der Waals surface area contributed by atoms with Gasteiger partial charge in [0, 0.05) is 17.8 Å². The number of aryl methyl sites for hydroxylation is 1. The Balaban J connectivity index is 1.76. The van der Waals surface area contributed by atoms with E-state index in [2.05, 4.69) is 10.4 Å². The number of aromatic nitrogens is 2. The molecule has 9 heteroatoms. The van der Waals surface area contributed by atoms with E-state index in [1.54, 1.807) is 20.8 Å². The maximum atomic E-state index is 13.9. The molecule has 1 aliphatic heterocycles. The third-order valence-corrected chi connectivity index (χ3v) is 6.72. The zero-order valence-electron chi connectivity index (χ0n) is 19.9. The number of hydrogen-bond acceptors (Lipinski definition) is 5. The number of nitrogens with zero attached hydrogens (tertiary/aromatic N) is 3. The molecule has 4 rings (SSSR count). The van der Waals surface area contributed by atoms with Crippen LogP contribution in [0, 0.1) is 12.7 Å². The highest BCUT2D eigenvalue weighted by atomic mass is 19.1. The molecule has 0 bridgehead atoms. The minimum absolute atomic E-state index is 0.00871. The summed E-state index contributed by atoms with van der Waals surface area (Å²) in [7, 11) is 0. The number of esters is 1. The van der Waals surface area contributed by atoms with Crippen LogP contribution in [0.25, 0.3) is 0 Å². The molecule has 1 fully saturated rings. The number of halogens is 1. The van der Waals surface area contributed by atoms with Gasteiger partial charge in [-0.2, -0.15) is 5.10 Å². The highest BCUT2D eigenvalue weighted by Crippen LogP contribution is 2.35. The lowest BCUT2D eigenvalue weighted by Crippen LogP contribution is -2.65. The number of carbonyl (C=O) groups excluding carboxylic acids is 3. The molecule has 0 saturated heterocycles. The van der Waals surface area contributed by atoms with Crippen molar-refractivity contribution in [1.82, 2.24) is 15.1 Å². The van der Waals surface area contributed by atoms with Crippen LogP contribution in [-0.2, 0) is 16.1 Å². The standard InChI is InChI=1S/C25H31FN4O4/c1-4-34-23(32)19-14-21-22(31)30(20-12-11-17(26)13-16(20)2)25(3,15-29(21)28-19)24(33)27-18-9-7-5-6-8-10-18/h11-14,18H,4-10,15H2,1-3H3,(H,27,33). The van der Waals surface area contributed by atoms with Gasteiger partial charge in [0.15, 0.2) is 5.69 Å². The molecule has 1 N–H and O–H groups in total. The summed E-state index contributed by atoms with van der Waals surface area (Å²) in [4.78, 5) is 41.2. The first kappa shape index (κ1) is 23.9. The third-order valence-electron chi connectivity index (χ3n) is 6.72. The lowest BCUT2D eigenvalue weighted by Gasteiger charge is -2.44.